The van der Waals surface area contributed by atoms with Crippen molar-refractivity contribution < 1.29 is 4.43 Å². The van der Waals surface area contributed by atoms with E-state index < -0.39 is 8.48 Å². The first kappa shape index (κ1) is 11.8. The zero-order valence-corrected chi connectivity index (χ0v) is 12.6. The van der Waals surface area contributed by atoms with Gasteiger partial charge in [0.2, 0.25) is 0 Å². The predicted octanol–water partition coefficient (Wildman–Crippen LogP) is 1.27. The number of rotatable bonds is 3. The molecule has 0 spiro atoms. The highest BCUT2D eigenvalue weighted by molar-refractivity contribution is 7.08. The SMILES string of the molecule is CC(N[SiH]1CCCO[SiH2]1)C1CCCCC1. The van der Waals surface area contributed by atoms with Crippen molar-refractivity contribution in [1.29, 1.82) is 0 Å². The minimum Gasteiger partial charge on any atom is -0.426 e. The van der Waals surface area contributed by atoms with Crippen molar-refractivity contribution in [1.82, 2.24) is 4.98 Å². The lowest BCUT2D eigenvalue weighted by Crippen LogP contribution is -2.50. The van der Waals surface area contributed by atoms with E-state index in [1.54, 1.807) is 0 Å². The third-order valence-electron chi connectivity index (χ3n) is 4.02. The van der Waals surface area contributed by atoms with E-state index in [1.165, 1.54) is 44.6 Å². The van der Waals surface area contributed by atoms with Crippen molar-refractivity contribution in [3.05, 3.63) is 0 Å². The Morgan fingerprint density at radius 1 is 1.27 bits per heavy atom. The highest BCUT2D eigenvalue weighted by atomic mass is 29.2. The summed E-state index contributed by atoms with van der Waals surface area (Å²) in [5.74, 6) is 0.974. The van der Waals surface area contributed by atoms with Gasteiger partial charge in [0.1, 0.15) is 8.48 Å². The lowest BCUT2D eigenvalue weighted by Gasteiger charge is -2.32. The van der Waals surface area contributed by atoms with Gasteiger partial charge in [0.25, 0.3) is 0 Å². The molecule has 1 N–H and O–H groups in total. The van der Waals surface area contributed by atoms with Gasteiger partial charge in [-0.25, -0.2) is 0 Å². The predicted molar refractivity (Wildman–Crippen MR) is 70.2 cm³/mol. The maximum Gasteiger partial charge on any atom is 0.164 e. The van der Waals surface area contributed by atoms with Crippen LogP contribution in [0.25, 0.3) is 0 Å². The van der Waals surface area contributed by atoms with Crippen LogP contribution in [0.3, 0.4) is 0 Å². The Bertz CT molecular complexity index is 179. The molecule has 0 amide bonds. The lowest BCUT2D eigenvalue weighted by atomic mass is 9.85. The molecule has 1 saturated heterocycles. The van der Waals surface area contributed by atoms with Crippen LogP contribution in [0.5, 0.6) is 0 Å². The fourth-order valence-corrected chi connectivity index (χ4v) is 9.90. The molecule has 2 aliphatic rings. The summed E-state index contributed by atoms with van der Waals surface area (Å²) in [7, 11) is -0.716. The van der Waals surface area contributed by atoms with Gasteiger partial charge in [0.05, 0.1) is 0 Å². The zero-order chi connectivity index (χ0) is 10.5. The molecule has 1 heterocycles. The van der Waals surface area contributed by atoms with Crippen LogP contribution in [0, 0.1) is 5.92 Å². The largest absolute Gasteiger partial charge is 0.426 e. The van der Waals surface area contributed by atoms with Gasteiger partial charge in [-0.1, -0.05) is 26.2 Å². The zero-order valence-electron chi connectivity index (χ0n) is 10.0. The molecular weight excluding hydrogens is 218 g/mol. The summed E-state index contributed by atoms with van der Waals surface area (Å²) in [5.41, 5.74) is 0. The molecule has 4 heteroatoms. The second-order valence-corrected chi connectivity index (χ2v) is 12.3. The molecule has 0 radical (unpaired) electrons. The van der Waals surface area contributed by atoms with E-state index in [0.717, 1.165) is 18.6 Å². The minimum absolute atomic E-state index is 0.128. The quantitative estimate of drug-likeness (QED) is 0.754. The maximum atomic E-state index is 5.71. The molecule has 0 aromatic rings. The van der Waals surface area contributed by atoms with Crippen molar-refractivity contribution in [3.63, 3.8) is 0 Å². The molecule has 2 atom stereocenters. The molecule has 88 valence electrons. The van der Waals surface area contributed by atoms with Crippen molar-refractivity contribution in [2.24, 2.45) is 5.92 Å². The van der Waals surface area contributed by atoms with Crippen molar-refractivity contribution in [3.8, 4) is 0 Å². The van der Waals surface area contributed by atoms with E-state index in [1.807, 2.05) is 0 Å². The topological polar surface area (TPSA) is 21.3 Å². The molecule has 0 aromatic heterocycles. The summed E-state index contributed by atoms with van der Waals surface area (Å²) in [5, 5.41) is 0. The van der Waals surface area contributed by atoms with Gasteiger partial charge in [-0.05, 0) is 31.2 Å². The molecule has 0 bridgehead atoms. The summed E-state index contributed by atoms with van der Waals surface area (Å²) in [4.78, 5) is 3.96. The summed E-state index contributed by atoms with van der Waals surface area (Å²) in [6.07, 6.45) is 8.68. The molecule has 2 unspecified atom stereocenters. The fourth-order valence-electron chi connectivity index (χ4n) is 3.01. The normalized spacial score (nSPS) is 33.0. The van der Waals surface area contributed by atoms with Gasteiger partial charge < -0.3 is 9.41 Å². The van der Waals surface area contributed by atoms with E-state index >= 15 is 0 Å². The third-order valence-corrected chi connectivity index (χ3v) is 10.9. The Kier molecular flexibility index (Phi) is 4.87. The monoisotopic (exact) mass is 243 g/mol. The van der Waals surface area contributed by atoms with Gasteiger partial charge in [0, 0.05) is 12.6 Å². The van der Waals surface area contributed by atoms with Gasteiger partial charge in [-0.15, -0.1) is 0 Å². The van der Waals surface area contributed by atoms with Crippen LogP contribution in [0.15, 0.2) is 0 Å². The molecule has 2 rings (SSSR count). The first-order chi connectivity index (χ1) is 7.36. The Labute approximate surface area is 97.6 Å². The van der Waals surface area contributed by atoms with E-state index in [9.17, 15) is 0 Å². The summed E-state index contributed by atoms with van der Waals surface area (Å²) in [6.45, 7) is 3.49. The highest BCUT2D eigenvalue weighted by Crippen LogP contribution is 2.26. The van der Waals surface area contributed by atoms with Crippen molar-refractivity contribution in [2.75, 3.05) is 6.61 Å². The van der Waals surface area contributed by atoms with Crippen LogP contribution in [-0.4, -0.2) is 30.4 Å². The Morgan fingerprint density at radius 3 is 2.73 bits per heavy atom. The smallest absolute Gasteiger partial charge is 0.164 e. The van der Waals surface area contributed by atoms with E-state index in [2.05, 4.69) is 11.9 Å². The average Bonchev–Trinajstić information content (AvgIpc) is 2.31. The molecule has 1 aliphatic heterocycles. The molecule has 2 nitrogen and oxygen atoms in total. The second kappa shape index (κ2) is 6.18. The van der Waals surface area contributed by atoms with Gasteiger partial charge in [0.15, 0.2) is 9.28 Å². The van der Waals surface area contributed by atoms with Crippen LogP contribution >= 0.6 is 0 Å². The second-order valence-electron chi connectivity index (χ2n) is 5.27. The van der Waals surface area contributed by atoms with Crippen molar-refractivity contribution in [2.45, 2.75) is 57.5 Å². The molecule has 2 fully saturated rings. The molecule has 1 aliphatic carbocycles. The molecule has 0 aromatic carbocycles. The van der Waals surface area contributed by atoms with Crippen LogP contribution in [0.1, 0.15) is 45.4 Å². The third kappa shape index (κ3) is 3.69. The first-order valence-electron chi connectivity index (χ1n) is 6.70. The van der Waals surface area contributed by atoms with Crippen LogP contribution in [-0.2, 0) is 4.43 Å². The first-order valence-corrected chi connectivity index (χ1v) is 11.9. The van der Waals surface area contributed by atoms with Crippen LogP contribution in [0.4, 0.5) is 0 Å². The van der Waals surface area contributed by atoms with Gasteiger partial charge in [-0.3, -0.25) is 0 Å². The molecule has 1 saturated carbocycles. The molecular formula is C11H25NOSi2. The van der Waals surface area contributed by atoms with Crippen LogP contribution < -0.4 is 4.98 Å². The average molecular weight is 243 g/mol. The van der Waals surface area contributed by atoms with Gasteiger partial charge in [-0.2, -0.15) is 0 Å². The van der Waals surface area contributed by atoms with Gasteiger partial charge >= 0.3 is 0 Å². The minimum atomic E-state index is -0.588. The maximum absolute atomic E-state index is 5.71. The summed E-state index contributed by atoms with van der Waals surface area (Å²) in [6, 6.07) is 2.29. The van der Waals surface area contributed by atoms with E-state index in [0.29, 0.717) is 0 Å². The summed E-state index contributed by atoms with van der Waals surface area (Å²) >= 11 is 0. The number of hydrogen-bond acceptors (Lipinski definition) is 2. The lowest BCUT2D eigenvalue weighted by molar-refractivity contribution is 0.299. The van der Waals surface area contributed by atoms with E-state index in [4.69, 9.17) is 4.43 Å². The van der Waals surface area contributed by atoms with Crippen molar-refractivity contribution >= 4 is 17.8 Å². The fraction of sp³-hybridized carbons (Fsp3) is 1.00. The summed E-state index contributed by atoms with van der Waals surface area (Å²) < 4.78 is 5.71. The Morgan fingerprint density at radius 2 is 2.07 bits per heavy atom. The number of nitrogens with one attached hydrogen (secondary N) is 1. The van der Waals surface area contributed by atoms with E-state index in [-0.39, 0.29) is 9.28 Å². The standard InChI is InChI=1S/C11H25NOSi2/c1-10(11-6-3-2-4-7-11)12-15-9-5-8-13-14-15/h10-12,15H,2-9,14H2,1H3. The Balaban J connectivity index is 1.72. The van der Waals surface area contributed by atoms with Crippen LogP contribution in [0.2, 0.25) is 6.04 Å². The molecule has 15 heavy (non-hydrogen) atoms. The number of hydrogen-bond donors (Lipinski definition) is 1. The Hall–Kier alpha value is 0.354. The highest BCUT2D eigenvalue weighted by Gasteiger charge is 2.24.